The van der Waals surface area contributed by atoms with Crippen molar-refractivity contribution >= 4 is 27.5 Å². The molecule has 0 spiro atoms. The summed E-state index contributed by atoms with van der Waals surface area (Å²) in [6.07, 6.45) is 1.86. The van der Waals surface area contributed by atoms with Crippen LogP contribution in [0.5, 0.6) is 0 Å². The van der Waals surface area contributed by atoms with Crippen LogP contribution in [0.2, 0.25) is 5.02 Å². The standard InChI is InChI=1S/C16H18BrClN2O/c1-20(11-13-4-2-3-8-19-13)9-7-16(21)14-6-5-12(17)10-15(14)18/h2-6,8,10,16,21H,7,9,11H2,1H3. The minimum absolute atomic E-state index is 0.559. The predicted octanol–water partition coefficient (Wildman–Crippen LogP) is 4.05. The van der Waals surface area contributed by atoms with Crippen LogP contribution in [0.25, 0.3) is 0 Å². The molecule has 1 atom stereocenters. The molecule has 1 aromatic heterocycles. The predicted molar refractivity (Wildman–Crippen MR) is 89.3 cm³/mol. The van der Waals surface area contributed by atoms with Gasteiger partial charge < -0.3 is 10.0 Å². The second-order valence-corrected chi connectivity index (χ2v) is 6.35. The summed E-state index contributed by atoms with van der Waals surface area (Å²) < 4.78 is 0.913. The lowest BCUT2D eigenvalue weighted by atomic mass is 10.1. The lowest BCUT2D eigenvalue weighted by molar-refractivity contribution is 0.147. The van der Waals surface area contributed by atoms with Crippen molar-refractivity contribution in [2.45, 2.75) is 19.1 Å². The van der Waals surface area contributed by atoms with E-state index in [1.165, 1.54) is 0 Å². The van der Waals surface area contributed by atoms with Gasteiger partial charge in [-0.1, -0.05) is 39.7 Å². The van der Waals surface area contributed by atoms with Crippen molar-refractivity contribution in [2.24, 2.45) is 0 Å². The maximum Gasteiger partial charge on any atom is 0.0816 e. The molecule has 21 heavy (non-hydrogen) atoms. The molecule has 1 heterocycles. The largest absolute Gasteiger partial charge is 0.388 e. The van der Waals surface area contributed by atoms with Gasteiger partial charge in [-0.15, -0.1) is 0 Å². The average Bonchev–Trinajstić information content (AvgIpc) is 2.46. The SMILES string of the molecule is CN(CCC(O)c1ccc(Br)cc1Cl)Cc1ccccn1. The van der Waals surface area contributed by atoms with Crippen LogP contribution in [-0.4, -0.2) is 28.6 Å². The van der Waals surface area contributed by atoms with Crippen LogP contribution in [-0.2, 0) is 6.54 Å². The maximum atomic E-state index is 10.3. The third-order valence-corrected chi connectivity index (χ3v) is 4.08. The van der Waals surface area contributed by atoms with Crippen LogP contribution in [0.3, 0.4) is 0 Å². The molecule has 0 aliphatic carbocycles. The van der Waals surface area contributed by atoms with Crippen LogP contribution >= 0.6 is 27.5 Å². The van der Waals surface area contributed by atoms with E-state index in [1.807, 2.05) is 37.4 Å². The fraction of sp³-hybridized carbons (Fsp3) is 0.312. The minimum Gasteiger partial charge on any atom is -0.388 e. The first-order chi connectivity index (χ1) is 10.1. The third kappa shape index (κ3) is 5.08. The molecule has 0 aliphatic heterocycles. The molecule has 0 amide bonds. The molecule has 112 valence electrons. The summed E-state index contributed by atoms with van der Waals surface area (Å²) in [5.74, 6) is 0. The Bertz CT molecular complexity index is 580. The van der Waals surface area contributed by atoms with Crippen molar-refractivity contribution in [1.82, 2.24) is 9.88 Å². The molecule has 0 saturated carbocycles. The number of hydrogen-bond donors (Lipinski definition) is 1. The molecule has 3 nitrogen and oxygen atoms in total. The maximum absolute atomic E-state index is 10.3. The molecule has 5 heteroatoms. The van der Waals surface area contributed by atoms with Crippen molar-refractivity contribution in [3.05, 3.63) is 63.3 Å². The van der Waals surface area contributed by atoms with E-state index in [1.54, 1.807) is 12.3 Å². The number of aromatic nitrogens is 1. The van der Waals surface area contributed by atoms with Gasteiger partial charge in [0.15, 0.2) is 0 Å². The van der Waals surface area contributed by atoms with Crippen LogP contribution in [0, 0.1) is 0 Å². The summed E-state index contributed by atoms with van der Waals surface area (Å²) in [6, 6.07) is 11.4. The van der Waals surface area contributed by atoms with Crippen LogP contribution in [0.4, 0.5) is 0 Å². The Morgan fingerprint density at radius 1 is 1.33 bits per heavy atom. The molecular weight excluding hydrogens is 352 g/mol. The Kier molecular flexibility index (Phi) is 6.18. The minimum atomic E-state index is -0.559. The number of rotatable bonds is 6. The van der Waals surface area contributed by atoms with E-state index in [0.29, 0.717) is 11.4 Å². The highest BCUT2D eigenvalue weighted by molar-refractivity contribution is 9.10. The van der Waals surface area contributed by atoms with Crippen molar-refractivity contribution in [2.75, 3.05) is 13.6 Å². The number of benzene rings is 1. The highest BCUT2D eigenvalue weighted by atomic mass is 79.9. The molecule has 0 aliphatic rings. The van der Waals surface area contributed by atoms with Crippen molar-refractivity contribution in [3.63, 3.8) is 0 Å². The zero-order valence-electron chi connectivity index (χ0n) is 11.8. The van der Waals surface area contributed by atoms with Gasteiger partial charge in [-0.25, -0.2) is 0 Å². The Labute approximate surface area is 138 Å². The topological polar surface area (TPSA) is 36.4 Å². The monoisotopic (exact) mass is 368 g/mol. The quantitative estimate of drug-likeness (QED) is 0.834. The Hall–Kier alpha value is -0.940. The molecule has 2 aromatic rings. The zero-order chi connectivity index (χ0) is 15.2. The Morgan fingerprint density at radius 3 is 2.81 bits per heavy atom. The lowest BCUT2D eigenvalue weighted by Gasteiger charge is -2.19. The fourth-order valence-corrected chi connectivity index (χ4v) is 2.92. The van der Waals surface area contributed by atoms with Gasteiger partial charge in [0.25, 0.3) is 0 Å². The molecule has 0 bridgehead atoms. The van der Waals surface area contributed by atoms with Crippen molar-refractivity contribution in [1.29, 1.82) is 0 Å². The highest BCUT2D eigenvalue weighted by Crippen LogP contribution is 2.28. The first kappa shape index (κ1) is 16.4. The van der Waals surface area contributed by atoms with Crippen LogP contribution in [0.1, 0.15) is 23.8 Å². The van der Waals surface area contributed by atoms with E-state index in [9.17, 15) is 5.11 Å². The van der Waals surface area contributed by atoms with E-state index < -0.39 is 6.10 Å². The van der Waals surface area contributed by atoms with E-state index in [4.69, 9.17) is 11.6 Å². The molecule has 1 aromatic carbocycles. The van der Waals surface area contributed by atoms with Gasteiger partial charge in [-0.3, -0.25) is 4.98 Å². The Balaban J connectivity index is 1.87. The second kappa shape index (κ2) is 7.90. The molecule has 0 fully saturated rings. The van der Waals surface area contributed by atoms with Gasteiger partial charge in [0.2, 0.25) is 0 Å². The van der Waals surface area contributed by atoms with Crippen molar-refractivity contribution < 1.29 is 5.11 Å². The first-order valence-corrected chi connectivity index (χ1v) is 7.95. The molecule has 1 N–H and O–H groups in total. The number of pyridine rings is 1. The van der Waals surface area contributed by atoms with Gasteiger partial charge >= 0.3 is 0 Å². The smallest absolute Gasteiger partial charge is 0.0816 e. The summed E-state index contributed by atoms with van der Waals surface area (Å²) >= 11 is 9.52. The van der Waals surface area contributed by atoms with E-state index in [0.717, 1.165) is 28.8 Å². The summed E-state index contributed by atoms with van der Waals surface area (Å²) in [5.41, 5.74) is 1.79. The summed E-state index contributed by atoms with van der Waals surface area (Å²) in [7, 11) is 2.02. The number of nitrogens with zero attached hydrogens (tertiary/aromatic N) is 2. The van der Waals surface area contributed by atoms with Gasteiger partial charge in [-0.2, -0.15) is 0 Å². The van der Waals surface area contributed by atoms with Gasteiger partial charge in [-0.05, 0) is 43.3 Å². The first-order valence-electron chi connectivity index (χ1n) is 6.77. The number of aliphatic hydroxyl groups is 1. The van der Waals surface area contributed by atoms with Crippen molar-refractivity contribution in [3.8, 4) is 0 Å². The lowest BCUT2D eigenvalue weighted by Crippen LogP contribution is -2.21. The summed E-state index contributed by atoms with van der Waals surface area (Å²) in [4.78, 5) is 6.43. The molecule has 0 saturated heterocycles. The molecule has 2 rings (SSSR count). The summed E-state index contributed by atoms with van der Waals surface area (Å²) in [5, 5.41) is 10.9. The summed E-state index contributed by atoms with van der Waals surface area (Å²) in [6.45, 7) is 1.53. The van der Waals surface area contributed by atoms with E-state index in [2.05, 4.69) is 25.8 Å². The molecule has 0 radical (unpaired) electrons. The van der Waals surface area contributed by atoms with Gasteiger partial charge in [0, 0.05) is 28.8 Å². The molecular formula is C16H18BrClN2O. The third-order valence-electron chi connectivity index (χ3n) is 3.26. The van der Waals surface area contributed by atoms with E-state index >= 15 is 0 Å². The highest BCUT2D eigenvalue weighted by Gasteiger charge is 2.13. The van der Waals surface area contributed by atoms with Gasteiger partial charge in [0.05, 0.1) is 11.8 Å². The second-order valence-electron chi connectivity index (χ2n) is 5.03. The Morgan fingerprint density at radius 2 is 2.14 bits per heavy atom. The van der Waals surface area contributed by atoms with E-state index in [-0.39, 0.29) is 0 Å². The van der Waals surface area contributed by atoms with Crippen LogP contribution in [0.15, 0.2) is 47.1 Å². The number of halogens is 2. The fourth-order valence-electron chi connectivity index (χ4n) is 2.12. The average molecular weight is 370 g/mol. The zero-order valence-corrected chi connectivity index (χ0v) is 14.2. The van der Waals surface area contributed by atoms with Gasteiger partial charge in [0.1, 0.15) is 0 Å². The number of aliphatic hydroxyl groups excluding tert-OH is 1. The van der Waals surface area contributed by atoms with Crippen LogP contribution < -0.4 is 0 Å². The number of hydrogen-bond acceptors (Lipinski definition) is 3. The molecule has 1 unspecified atom stereocenters. The normalized spacial score (nSPS) is 12.6.